The molecule has 0 bridgehead atoms. The molecule has 0 aliphatic rings. The van der Waals surface area contributed by atoms with E-state index in [2.05, 4.69) is 10.1 Å². The summed E-state index contributed by atoms with van der Waals surface area (Å²) in [6.07, 6.45) is 0. The maximum Gasteiger partial charge on any atom is 0.341 e. The van der Waals surface area contributed by atoms with Gasteiger partial charge in [-0.2, -0.15) is 4.98 Å². The SMILES string of the molecule is COC(=O)c1cc(CN(C)Cc2nc(-c3ccc(Cl)cc3)no2)oc1C. The number of aromatic nitrogens is 2. The number of carbonyl (C=O) groups excluding carboxylic acids is 1. The number of methoxy groups -OCH3 is 1. The van der Waals surface area contributed by atoms with Gasteiger partial charge in [0.15, 0.2) is 0 Å². The molecule has 7 nitrogen and oxygen atoms in total. The minimum atomic E-state index is -0.412. The van der Waals surface area contributed by atoms with Gasteiger partial charge in [-0.3, -0.25) is 4.90 Å². The van der Waals surface area contributed by atoms with Crippen molar-refractivity contribution in [2.75, 3.05) is 14.2 Å². The molecule has 0 atom stereocenters. The van der Waals surface area contributed by atoms with Crippen LogP contribution in [0.4, 0.5) is 0 Å². The number of ether oxygens (including phenoxy) is 1. The van der Waals surface area contributed by atoms with Crippen LogP contribution in [0.2, 0.25) is 5.02 Å². The number of esters is 1. The summed E-state index contributed by atoms with van der Waals surface area (Å²) in [4.78, 5) is 18.0. The molecule has 0 aliphatic carbocycles. The number of aryl methyl sites for hydroxylation is 1. The van der Waals surface area contributed by atoms with E-state index >= 15 is 0 Å². The van der Waals surface area contributed by atoms with E-state index in [-0.39, 0.29) is 0 Å². The molecule has 0 saturated heterocycles. The first-order valence-corrected chi connectivity index (χ1v) is 8.28. The maximum absolute atomic E-state index is 11.6. The average molecular weight is 376 g/mol. The number of hydrogen-bond acceptors (Lipinski definition) is 7. The predicted molar refractivity (Wildman–Crippen MR) is 94.7 cm³/mol. The summed E-state index contributed by atoms with van der Waals surface area (Å²) < 4.78 is 15.6. The summed E-state index contributed by atoms with van der Waals surface area (Å²) in [5.41, 5.74) is 1.26. The summed E-state index contributed by atoms with van der Waals surface area (Å²) in [5.74, 6) is 1.76. The summed E-state index contributed by atoms with van der Waals surface area (Å²) in [6, 6.07) is 8.90. The summed E-state index contributed by atoms with van der Waals surface area (Å²) in [5, 5.41) is 4.64. The first kappa shape index (κ1) is 18.2. The van der Waals surface area contributed by atoms with Gasteiger partial charge in [0.2, 0.25) is 11.7 Å². The second-order valence-corrected chi connectivity index (χ2v) is 6.30. The quantitative estimate of drug-likeness (QED) is 0.607. The van der Waals surface area contributed by atoms with Crippen molar-refractivity contribution in [1.82, 2.24) is 15.0 Å². The second kappa shape index (κ2) is 7.72. The van der Waals surface area contributed by atoms with Gasteiger partial charge in [0, 0.05) is 10.6 Å². The molecule has 0 saturated carbocycles. The van der Waals surface area contributed by atoms with E-state index in [4.69, 9.17) is 25.3 Å². The summed E-state index contributed by atoms with van der Waals surface area (Å²) in [6.45, 7) is 2.65. The molecule has 0 unspecified atom stereocenters. The lowest BCUT2D eigenvalue weighted by Crippen LogP contribution is -2.17. The minimum absolute atomic E-state index is 0.412. The Morgan fingerprint density at radius 3 is 2.69 bits per heavy atom. The number of halogens is 1. The normalized spacial score (nSPS) is 11.1. The van der Waals surface area contributed by atoms with Crippen LogP contribution in [-0.2, 0) is 17.8 Å². The molecule has 136 valence electrons. The van der Waals surface area contributed by atoms with Gasteiger partial charge >= 0.3 is 5.97 Å². The molecule has 2 heterocycles. The first-order valence-electron chi connectivity index (χ1n) is 7.91. The molecule has 0 spiro atoms. The Morgan fingerprint density at radius 1 is 1.27 bits per heavy atom. The lowest BCUT2D eigenvalue weighted by molar-refractivity contribution is 0.0599. The Hall–Kier alpha value is -2.64. The van der Waals surface area contributed by atoms with E-state index in [1.54, 1.807) is 25.1 Å². The Labute approximate surface area is 155 Å². The summed E-state index contributed by atoms with van der Waals surface area (Å²) in [7, 11) is 3.23. The van der Waals surface area contributed by atoms with Crippen LogP contribution in [-0.4, -0.2) is 35.2 Å². The molecular formula is C18H18ClN3O4. The summed E-state index contributed by atoms with van der Waals surface area (Å²) >= 11 is 5.88. The highest BCUT2D eigenvalue weighted by Gasteiger charge is 2.17. The molecule has 3 aromatic rings. The van der Waals surface area contributed by atoms with Gasteiger partial charge in [-0.05, 0) is 44.3 Å². The highest BCUT2D eigenvalue weighted by Crippen LogP contribution is 2.20. The number of rotatable bonds is 6. The molecule has 0 N–H and O–H groups in total. The topological polar surface area (TPSA) is 81.6 Å². The largest absolute Gasteiger partial charge is 0.465 e. The van der Waals surface area contributed by atoms with E-state index in [0.717, 1.165) is 5.56 Å². The van der Waals surface area contributed by atoms with Crippen molar-refractivity contribution in [2.45, 2.75) is 20.0 Å². The maximum atomic E-state index is 11.6. The minimum Gasteiger partial charge on any atom is -0.465 e. The van der Waals surface area contributed by atoms with E-state index in [1.165, 1.54) is 7.11 Å². The van der Waals surface area contributed by atoms with Crippen molar-refractivity contribution in [3.63, 3.8) is 0 Å². The van der Waals surface area contributed by atoms with Gasteiger partial charge < -0.3 is 13.7 Å². The lowest BCUT2D eigenvalue weighted by Gasteiger charge is -2.11. The van der Waals surface area contributed by atoms with Gasteiger partial charge in [-0.25, -0.2) is 4.79 Å². The van der Waals surface area contributed by atoms with Crippen LogP contribution in [0.25, 0.3) is 11.4 Å². The van der Waals surface area contributed by atoms with E-state index in [9.17, 15) is 4.79 Å². The average Bonchev–Trinajstić information content (AvgIpc) is 3.21. The van der Waals surface area contributed by atoms with Gasteiger partial charge in [0.1, 0.15) is 17.1 Å². The third-order valence-corrected chi connectivity index (χ3v) is 4.03. The Kier molecular flexibility index (Phi) is 5.39. The van der Waals surface area contributed by atoms with Crippen molar-refractivity contribution >= 4 is 17.6 Å². The Balaban J connectivity index is 1.64. The lowest BCUT2D eigenvalue weighted by atomic mass is 10.2. The van der Waals surface area contributed by atoms with E-state index in [1.807, 2.05) is 24.1 Å². The zero-order valence-electron chi connectivity index (χ0n) is 14.7. The number of benzene rings is 1. The van der Waals surface area contributed by atoms with Crippen LogP contribution in [0.5, 0.6) is 0 Å². The molecule has 0 amide bonds. The molecule has 1 aromatic carbocycles. The van der Waals surface area contributed by atoms with Crippen molar-refractivity contribution in [1.29, 1.82) is 0 Å². The number of furan rings is 1. The molecule has 8 heteroatoms. The molecular weight excluding hydrogens is 358 g/mol. The first-order chi connectivity index (χ1) is 12.5. The zero-order valence-corrected chi connectivity index (χ0v) is 15.4. The van der Waals surface area contributed by atoms with Crippen LogP contribution in [0, 0.1) is 6.92 Å². The third kappa shape index (κ3) is 4.12. The van der Waals surface area contributed by atoms with Crippen LogP contribution in [0.15, 0.2) is 39.3 Å². The fraction of sp³-hybridized carbons (Fsp3) is 0.278. The van der Waals surface area contributed by atoms with Crippen LogP contribution in [0.3, 0.4) is 0 Å². The van der Waals surface area contributed by atoms with Gasteiger partial charge in [-0.15, -0.1) is 0 Å². The van der Waals surface area contributed by atoms with E-state index in [0.29, 0.717) is 46.9 Å². The Bertz CT molecular complexity index is 902. The van der Waals surface area contributed by atoms with Crippen molar-refractivity contribution in [2.24, 2.45) is 0 Å². The second-order valence-electron chi connectivity index (χ2n) is 5.87. The predicted octanol–water partition coefficient (Wildman–Crippen LogP) is 3.71. The zero-order chi connectivity index (χ0) is 18.7. The van der Waals surface area contributed by atoms with Crippen LogP contribution >= 0.6 is 11.6 Å². The highest BCUT2D eigenvalue weighted by molar-refractivity contribution is 6.30. The number of nitrogens with zero attached hydrogens (tertiary/aromatic N) is 3. The fourth-order valence-electron chi connectivity index (χ4n) is 2.52. The molecule has 26 heavy (non-hydrogen) atoms. The van der Waals surface area contributed by atoms with Crippen LogP contribution in [0.1, 0.15) is 27.8 Å². The monoisotopic (exact) mass is 375 g/mol. The number of carbonyl (C=O) groups is 1. The van der Waals surface area contributed by atoms with Gasteiger partial charge in [-0.1, -0.05) is 16.8 Å². The molecule has 2 aromatic heterocycles. The standard InChI is InChI=1S/C18H18ClN3O4/c1-11-15(18(23)24-3)8-14(25-11)9-22(2)10-16-20-17(21-26-16)12-4-6-13(19)7-5-12/h4-8H,9-10H2,1-3H3. The van der Waals surface area contributed by atoms with Gasteiger partial charge in [0.05, 0.1) is 20.2 Å². The van der Waals surface area contributed by atoms with Crippen LogP contribution < -0.4 is 0 Å². The van der Waals surface area contributed by atoms with Crippen molar-refractivity contribution in [3.8, 4) is 11.4 Å². The molecule has 0 aliphatic heterocycles. The fourth-order valence-corrected chi connectivity index (χ4v) is 2.65. The molecule has 0 radical (unpaired) electrons. The smallest absolute Gasteiger partial charge is 0.341 e. The molecule has 0 fully saturated rings. The van der Waals surface area contributed by atoms with Gasteiger partial charge in [0.25, 0.3) is 0 Å². The highest BCUT2D eigenvalue weighted by atomic mass is 35.5. The third-order valence-electron chi connectivity index (χ3n) is 3.78. The Morgan fingerprint density at radius 2 is 2.00 bits per heavy atom. The van der Waals surface area contributed by atoms with Crippen molar-refractivity contribution in [3.05, 3.63) is 58.3 Å². The van der Waals surface area contributed by atoms with Crippen molar-refractivity contribution < 1.29 is 18.5 Å². The number of hydrogen-bond donors (Lipinski definition) is 0. The molecule has 3 rings (SSSR count). The van der Waals surface area contributed by atoms with E-state index < -0.39 is 5.97 Å².